The van der Waals surface area contributed by atoms with Crippen LogP contribution in [0.2, 0.25) is 0 Å². The van der Waals surface area contributed by atoms with Gasteiger partial charge in [0.2, 0.25) is 5.91 Å². The van der Waals surface area contributed by atoms with Crippen molar-refractivity contribution in [3.63, 3.8) is 0 Å². The standard InChI is InChI=1S/C11H12BrClFNO/c1-11(2,15-10(16)6-13)8-4-3-7(14)5-9(8)12/h3-5H,6H2,1-2H3,(H,15,16). The Morgan fingerprint density at radius 3 is 2.69 bits per heavy atom. The van der Waals surface area contributed by atoms with Crippen molar-refractivity contribution >= 4 is 33.4 Å². The molecule has 0 aromatic heterocycles. The van der Waals surface area contributed by atoms with Crippen LogP contribution in [-0.4, -0.2) is 11.8 Å². The van der Waals surface area contributed by atoms with Crippen molar-refractivity contribution in [3.05, 3.63) is 34.1 Å². The third kappa shape index (κ3) is 3.19. The summed E-state index contributed by atoms with van der Waals surface area (Å²) in [7, 11) is 0. The number of hydrogen-bond acceptors (Lipinski definition) is 1. The number of benzene rings is 1. The van der Waals surface area contributed by atoms with E-state index in [1.54, 1.807) is 6.07 Å². The highest BCUT2D eigenvalue weighted by Crippen LogP contribution is 2.28. The summed E-state index contributed by atoms with van der Waals surface area (Å²) in [6, 6.07) is 4.35. The monoisotopic (exact) mass is 307 g/mol. The minimum Gasteiger partial charge on any atom is -0.346 e. The molecule has 0 atom stereocenters. The fraction of sp³-hybridized carbons (Fsp3) is 0.364. The zero-order valence-corrected chi connectivity index (χ0v) is 11.3. The number of carbonyl (C=O) groups is 1. The lowest BCUT2D eigenvalue weighted by atomic mass is 9.94. The van der Waals surface area contributed by atoms with E-state index in [4.69, 9.17) is 11.6 Å². The van der Waals surface area contributed by atoms with Gasteiger partial charge in [0.25, 0.3) is 0 Å². The van der Waals surface area contributed by atoms with Crippen molar-refractivity contribution in [3.8, 4) is 0 Å². The molecule has 1 aromatic carbocycles. The summed E-state index contributed by atoms with van der Waals surface area (Å²) >= 11 is 8.70. The molecule has 1 rings (SSSR count). The van der Waals surface area contributed by atoms with Gasteiger partial charge in [-0.3, -0.25) is 4.79 Å². The van der Waals surface area contributed by atoms with E-state index in [1.165, 1.54) is 12.1 Å². The molecule has 0 bridgehead atoms. The SMILES string of the molecule is CC(C)(NC(=O)CCl)c1ccc(F)cc1Br. The number of carbonyl (C=O) groups excluding carboxylic acids is 1. The van der Waals surface area contributed by atoms with Crippen molar-refractivity contribution in [1.82, 2.24) is 5.32 Å². The average molecular weight is 309 g/mol. The molecule has 88 valence electrons. The molecular weight excluding hydrogens is 296 g/mol. The van der Waals surface area contributed by atoms with Gasteiger partial charge in [0.15, 0.2) is 0 Å². The fourth-order valence-electron chi connectivity index (χ4n) is 1.45. The number of rotatable bonds is 3. The third-order valence-electron chi connectivity index (χ3n) is 2.18. The van der Waals surface area contributed by atoms with Crippen molar-refractivity contribution < 1.29 is 9.18 Å². The largest absolute Gasteiger partial charge is 0.346 e. The minimum absolute atomic E-state index is 0.0950. The Balaban J connectivity index is 3.02. The molecule has 0 saturated carbocycles. The van der Waals surface area contributed by atoms with Gasteiger partial charge in [-0.1, -0.05) is 22.0 Å². The molecule has 1 amide bonds. The maximum atomic E-state index is 12.9. The number of hydrogen-bond donors (Lipinski definition) is 1. The molecule has 0 aliphatic carbocycles. The van der Waals surface area contributed by atoms with Gasteiger partial charge in [0, 0.05) is 4.47 Å². The first-order valence-electron chi connectivity index (χ1n) is 4.69. The van der Waals surface area contributed by atoms with Crippen LogP contribution in [0.1, 0.15) is 19.4 Å². The zero-order valence-electron chi connectivity index (χ0n) is 8.98. The van der Waals surface area contributed by atoms with E-state index >= 15 is 0 Å². The molecule has 2 nitrogen and oxygen atoms in total. The number of halogens is 3. The first-order valence-corrected chi connectivity index (χ1v) is 6.02. The van der Waals surface area contributed by atoms with Crippen LogP contribution >= 0.6 is 27.5 Å². The summed E-state index contributed by atoms with van der Waals surface area (Å²) in [5.74, 6) is -0.680. The Labute approximate surface area is 107 Å². The first kappa shape index (κ1) is 13.5. The number of amides is 1. The maximum Gasteiger partial charge on any atom is 0.235 e. The van der Waals surface area contributed by atoms with Gasteiger partial charge in [-0.25, -0.2) is 4.39 Å². The molecule has 16 heavy (non-hydrogen) atoms. The normalized spacial score (nSPS) is 11.3. The third-order valence-corrected chi connectivity index (χ3v) is 3.08. The lowest BCUT2D eigenvalue weighted by molar-refractivity contribution is -0.120. The highest BCUT2D eigenvalue weighted by atomic mass is 79.9. The fourth-order valence-corrected chi connectivity index (χ4v) is 2.36. The van der Waals surface area contributed by atoms with Crippen LogP contribution in [-0.2, 0) is 10.3 Å². The van der Waals surface area contributed by atoms with Gasteiger partial charge in [0.1, 0.15) is 11.7 Å². The summed E-state index contributed by atoms with van der Waals surface area (Å²) in [6.07, 6.45) is 0. The van der Waals surface area contributed by atoms with Crippen LogP contribution in [0.5, 0.6) is 0 Å². The molecule has 5 heteroatoms. The zero-order chi connectivity index (χ0) is 12.3. The Bertz CT molecular complexity index is 409. The van der Waals surface area contributed by atoms with Crippen LogP contribution in [0, 0.1) is 5.82 Å². The Kier molecular flexibility index (Phi) is 4.33. The van der Waals surface area contributed by atoms with E-state index < -0.39 is 5.54 Å². The van der Waals surface area contributed by atoms with Crippen LogP contribution in [0.15, 0.2) is 22.7 Å². The predicted octanol–water partition coefficient (Wildman–Crippen LogP) is 3.18. The first-order chi connectivity index (χ1) is 7.36. The van der Waals surface area contributed by atoms with E-state index in [9.17, 15) is 9.18 Å². The van der Waals surface area contributed by atoms with E-state index in [0.717, 1.165) is 5.56 Å². The summed E-state index contributed by atoms with van der Waals surface area (Å²) in [4.78, 5) is 11.2. The molecule has 0 fully saturated rings. The van der Waals surface area contributed by atoms with Crippen LogP contribution in [0.25, 0.3) is 0 Å². The van der Waals surface area contributed by atoms with Crippen molar-refractivity contribution in [2.24, 2.45) is 0 Å². The summed E-state index contributed by atoms with van der Waals surface area (Å²) in [5, 5.41) is 2.76. The predicted molar refractivity (Wildman–Crippen MR) is 66.0 cm³/mol. The second-order valence-corrected chi connectivity index (χ2v) is 5.05. The van der Waals surface area contributed by atoms with Crippen LogP contribution < -0.4 is 5.32 Å². The minimum atomic E-state index is -0.599. The van der Waals surface area contributed by atoms with Crippen molar-refractivity contribution in [2.75, 3.05) is 5.88 Å². The Hall–Kier alpha value is -0.610. The van der Waals surface area contributed by atoms with E-state index in [-0.39, 0.29) is 17.6 Å². The molecule has 0 saturated heterocycles. The lowest BCUT2D eigenvalue weighted by Crippen LogP contribution is -2.41. The number of alkyl halides is 1. The van der Waals surface area contributed by atoms with Crippen LogP contribution in [0.4, 0.5) is 4.39 Å². The Morgan fingerprint density at radius 1 is 1.56 bits per heavy atom. The second kappa shape index (κ2) is 5.15. The average Bonchev–Trinajstić information content (AvgIpc) is 2.16. The van der Waals surface area contributed by atoms with Crippen molar-refractivity contribution in [1.29, 1.82) is 0 Å². The summed E-state index contributed by atoms with van der Waals surface area (Å²) in [5.41, 5.74) is 0.200. The molecule has 0 aliphatic rings. The lowest BCUT2D eigenvalue weighted by Gasteiger charge is -2.27. The highest BCUT2D eigenvalue weighted by molar-refractivity contribution is 9.10. The maximum absolute atomic E-state index is 12.9. The second-order valence-electron chi connectivity index (χ2n) is 3.93. The summed E-state index contributed by atoms with van der Waals surface area (Å²) in [6.45, 7) is 3.66. The molecule has 0 aliphatic heterocycles. The number of nitrogens with one attached hydrogen (secondary N) is 1. The molecule has 0 spiro atoms. The van der Waals surface area contributed by atoms with Gasteiger partial charge in [-0.05, 0) is 31.5 Å². The van der Waals surface area contributed by atoms with Gasteiger partial charge in [-0.15, -0.1) is 11.6 Å². The van der Waals surface area contributed by atoms with Gasteiger partial charge in [0.05, 0.1) is 5.54 Å². The molecule has 0 unspecified atom stereocenters. The van der Waals surface area contributed by atoms with E-state index in [2.05, 4.69) is 21.2 Å². The van der Waals surface area contributed by atoms with Crippen LogP contribution in [0.3, 0.4) is 0 Å². The van der Waals surface area contributed by atoms with E-state index in [0.29, 0.717) is 4.47 Å². The molecule has 1 aromatic rings. The molecular formula is C11H12BrClFNO. The quantitative estimate of drug-likeness (QED) is 0.854. The molecule has 0 radical (unpaired) electrons. The van der Waals surface area contributed by atoms with Gasteiger partial charge in [-0.2, -0.15) is 0 Å². The molecule has 0 heterocycles. The van der Waals surface area contributed by atoms with Gasteiger partial charge >= 0.3 is 0 Å². The van der Waals surface area contributed by atoms with Crippen molar-refractivity contribution in [2.45, 2.75) is 19.4 Å². The summed E-state index contributed by atoms with van der Waals surface area (Å²) < 4.78 is 13.5. The Morgan fingerprint density at radius 2 is 2.19 bits per heavy atom. The van der Waals surface area contributed by atoms with Gasteiger partial charge < -0.3 is 5.32 Å². The topological polar surface area (TPSA) is 29.1 Å². The highest BCUT2D eigenvalue weighted by Gasteiger charge is 2.24. The molecule has 1 N–H and O–H groups in total. The smallest absolute Gasteiger partial charge is 0.235 e. The van der Waals surface area contributed by atoms with E-state index in [1.807, 2.05) is 13.8 Å².